The average Bonchev–Trinajstić information content (AvgIpc) is 2.86. The first-order valence-corrected chi connectivity index (χ1v) is 7.86. The van der Waals surface area contributed by atoms with Gasteiger partial charge in [-0.25, -0.2) is 5.43 Å². The number of amides is 1. The summed E-state index contributed by atoms with van der Waals surface area (Å²) in [6, 6.07) is 8.03. The molecule has 1 N–H and O–H groups in total. The molecule has 1 aromatic heterocycles. The van der Waals surface area contributed by atoms with E-state index >= 15 is 0 Å². The van der Waals surface area contributed by atoms with Gasteiger partial charge >= 0.3 is 0 Å². The predicted molar refractivity (Wildman–Crippen MR) is 89.3 cm³/mol. The molecule has 1 unspecified atom stereocenters. The van der Waals surface area contributed by atoms with Crippen LogP contribution in [0.2, 0.25) is 0 Å². The minimum atomic E-state index is -0.335. The molecule has 0 aliphatic carbocycles. The fourth-order valence-electron chi connectivity index (χ4n) is 2.24. The molecule has 1 amide bonds. The third kappa shape index (κ3) is 4.41. The van der Waals surface area contributed by atoms with E-state index < -0.39 is 0 Å². The molecule has 0 saturated carbocycles. The second-order valence-electron chi connectivity index (χ2n) is 6.20. The lowest BCUT2D eigenvalue weighted by Gasteiger charge is -2.11. The molecule has 7 nitrogen and oxygen atoms in total. The largest absolute Gasteiger partial charge is 0.359 e. The predicted octanol–water partition coefficient (Wildman–Crippen LogP) is 2.07. The van der Waals surface area contributed by atoms with Gasteiger partial charge in [-0.3, -0.25) is 9.42 Å². The van der Waals surface area contributed by atoms with Gasteiger partial charge in [0.15, 0.2) is 0 Å². The van der Waals surface area contributed by atoms with Crippen molar-refractivity contribution in [3.8, 4) is 0 Å². The number of benzene rings is 1. The third-order valence-electron chi connectivity index (χ3n) is 3.74. The van der Waals surface area contributed by atoms with Crippen molar-refractivity contribution in [2.24, 2.45) is 11.0 Å². The highest BCUT2D eigenvalue weighted by atomic mass is 16.8. The van der Waals surface area contributed by atoms with E-state index in [4.69, 9.17) is 0 Å². The Morgan fingerprint density at radius 3 is 2.58 bits per heavy atom. The van der Waals surface area contributed by atoms with Crippen LogP contribution >= 0.6 is 0 Å². The van der Waals surface area contributed by atoms with Gasteiger partial charge in [-0.15, -0.1) is 0 Å². The van der Waals surface area contributed by atoms with Gasteiger partial charge in [-0.05, 0) is 35.3 Å². The van der Waals surface area contributed by atoms with Gasteiger partial charge < -0.3 is 5.21 Å². The van der Waals surface area contributed by atoms with E-state index in [1.54, 1.807) is 6.92 Å². The zero-order valence-corrected chi connectivity index (χ0v) is 14.3. The number of hydrazone groups is 1. The maximum atomic E-state index is 12.2. The summed E-state index contributed by atoms with van der Waals surface area (Å²) in [6.07, 6.45) is 2.30. The Kier molecular flexibility index (Phi) is 5.68. The fourth-order valence-corrected chi connectivity index (χ4v) is 2.24. The number of carbonyl (C=O) groups is 1. The van der Waals surface area contributed by atoms with E-state index in [-0.39, 0.29) is 28.1 Å². The van der Waals surface area contributed by atoms with Crippen molar-refractivity contribution >= 4 is 12.1 Å². The number of hydrogen-bond acceptors (Lipinski definition) is 5. The number of nitrogens with one attached hydrogen (secondary N) is 1. The lowest BCUT2D eigenvalue weighted by atomic mass is 9.96. The molecule has 0 fully saturated rings. The van der Waals surface area contributed by atoms with Crippen LogP contribution in [0, 0.1) is 18.0 Å². The van der Waals surface area contributed by atoms with E-state index in [9.17, 15) is 10.0 Å². The number of rotatable bonds is 6. The summed E-state index contributed by atoms with van der Waals surface area (Å²) in [5.74, 6) is 0.0239. The van der Waals surface area contributed by atoms with Gasteiger partial charge in [-0.2, -0.15) is 5.10 Å². The minimum Gasteiger partial charge on any atom is -0.359 e. The van der Waals surface area contributed by atoms with Crippen molar-refractivity contribution in [2.45, 2.75) is 40.0 Å². The second-order valence-corrected chi connectivity index (χ2v) is 6.20. The Labute approximate surface area is 140 Å². The summed E-state index contributed by atoms with van der Waals surface area (Å²) < 4.78 is 4.42. The Hall–Kier alpha value is -2.70. The lowest BCUT2D eigenvalue weighted by molar-refractivity contribution is -0.806. The van der Waals surface area contributed by atoms with Crippen molar-refractivity contribution in [1.82, 2.24) is 10.6 Å². The highest BCUT2D eigenvalue weighted by Gasteiger charge is 2.15. The maximum absolute atomic E-state index is 12.2. The lowest BCUT2D eigenvalue weighted by Crippen LogP contribution is -2.26. The molecule has 0 aliphatic heterocycles. The molecule has 128 valence electrons. The summed E-state index contributed by atoms with van der Waals surface area (Å²) >= 11 is 0. The van der Waals surface area contributed by atoms with Crippen LogP contribution in [-0.4, -0.2) is 17.3 Å². The molecular weight excluding hydrogens is 308 g/mol. The quantitative estimate of drug-likeness (QED) is 0.498. The third-order valence-corrected chi connectivity index (χ3v) is 3.74. The highest BCUT2D eigenvalue weighted by molar-refractivity contribution is 5.85. The fraction of sp³-hybridized carbons (Fsp3) is 0.412. The molecule has 24 heavy (non-hydrogen) atoms. The van der Waals surface area contributed by atoms with E-state index in [1.165, 1.54) is 11.8 Å². The van der Waals surface area contributed by atoms with Gasteiger partial charge in [0.25, 0.3) is 5.69 Å². The molecule has 0 aliphatic rings. The molecule has 0 spiro atoms. The topological polar surface area (TPSA) is 94.4 Å². The number of hydrogen-bond donors (Lipinski definition) is 1. The van der Waals surface area contributed by atoms with Gasteiger partial charge in [0.1, 0.15) is 6.21 Å². The van der Waals surface area contributed by atoms with Crippen molar-refractivity contribution in [1.29, 1.82) is 0 Å². The van der Waals surface area contributed by atoms with Gasteiger partial charge in [0, 0.05) is 12.1 Å². The molecule has 1 aromatic carbocycles. The van der Waals surface area contributed by atoms with Gasteiger partial charge in [0.05, 0.1) is 5.92 Å². The first-order chi connectivity index (χ1) is 11.4. The highest BCUT2D eigenvalue weighted by Crippen LogP contribution is 2.17. The molecule has 0 radical (unpaired) electrons. The SMILES string of the molecule is Cc1c(C=NNC(=O)C(C)c2ccc(CC(C)C)cc2)no[n+]1[O-]. The molecule has 2 aromatic rings. The molecule has 1 atom stereocenters. The molecule has 2 rings (SSSR count). The smallest absolute Gasteiger partial charge is 0.263 e. The summed E-state index contributed by atoms with van der Waals surface area (Å²) in [7, 11) is 0. The standard InChI is InChI=1S/C17H22N4O3/c1-11(2)9-14-5-7-15(8-6-14)12(3)17(22)19-18-10-16-13(4)21(23)24-20-16/h5-8,10-12H,9H2,1-4H3,(H,19,22). The van der Waals surface area contributed by atoms with Crippen LogP contribution in [0.5, 0.6) is 0 Å². The number of carbonyl (C=O) groups excluding carboxylic acids is 1. The average molecular weight is 330 g/mol. The summed E-state index contributed by atoms with van der Waals surface area (Å²) in [4.78, 5) is 12.4. The monoisotopic (exact) mass is 330 g/mol. The summed E-state index contributed by atoms with van der Waals surface area (Å²) in [5.41, 5.74) is 5.18. The normalized spacial score (nSPS) is 12.7. The van der Waals surface area contributed by atoms with E-state index in [1.807, 2.05) is 31.2 Å². The molecule has 0 saturated heterocycles. The van der Waals surface area contributed by atoms with Crippen molar-refractivity contribution in [3.05, 3.63) is 52.0 Å². The Balaban J connectivity index is 1.95. The Bertz CT molecular complexity index is 720. The summed E-state index contributed by atoms with van der Waals surface area (Å²) in [6.45, 7) is 7.71. The summed E-state index contributed by atoms with van der Waals surface area (Å²) in [5, 5.41) is 18.4. The second kappa shape index (κ2) is 7.72. The first kappa shape index (κ1) is 17.7. The van der Waals surface area contributed by atoms with E-state index in [2.05, 4.69) is 34.2 Å². The van der Waals surface area contributed by atoms with Crippen LogP contribution in [-0.2, 0) is 11.2 Å². The Morgan fingerprint density at radius 1 is 1.38 bits per heavy atom. The van der Waals surface area contributed by atoms with E-state index in [0.29, 0.717) is 5.92 Å². The molecular formula is C17H22N4O3. The van der Waals surface area contributed by atoms with Crippen LogP contribution < -0.4 is 10.3 Å². The van der Waals surface area contributed by atoms with E-state index in [0.717, 1.165) is 12.0 Å². The maximum Gasteiger partial charge on any atom is 0.263 e. The number of aromatic nitrogens is 2. The molecule has 7 heteroatoms. The van der Waals surface area contributed by atoms with Crippen molar-refractivity contribution in [3.63, 3.8) is 0 Å². The van der Waals surface area contributed by atoms with Gasteiger partial charge in [0.2, 0.25) is 11.6 Å². The molecule has 1 heterocycles. The molecule has 0 bridgehead atoms. The van der Waals surface area contributed by atoms with Crippen LogP contribution in [0.15, 0.2) is 34.0 Å². The zero-order chi connectivity index (χ0) is 17.7. The van der Waals surface area contributed by atoms with Crippen LogP contribution in [0.4, 0.5) is 0 Å². The first-order valence-electron chi connectivity index (χ1n) is 7.86. The zero-order valence-electron chi connectivity index (χ0n) is 14.3. The van der Waals surface area contributed by atoms with Crippen LogP contribution in [0.3, 0.4) is 0 Å². The van der Waals surface area contributed by atoms with Crippen molar-refractivity contribution < 1.29 is 14.3 Å². The van der Waals surface area contributed by atoms with Crippen LogP contribution in [0.1, 0.15) is 49.2 Å². The number of nitrogens with zero attached hydrogens (tertiary/aromatic N) is 3. The Morgan fingerprint density at radius 2 is 2.04 bits per heavy atom. The van der Waals surface area contributed by atoms with Crippen molar-refractivity contribution in [2.75, 3.05) is 0 Å². The van der Waals surface area contributed by atoms with Crippen LogP contribution in [0.25, 0.3) is 0 Å². The minimum absolute atomic E-state index is 0.237. The van der Waals surface area contributed by atoms with Gasteiger partial charge in [-0.1, -0.05) is 38.1 Å².